The molecule has 0 amide bonds. The van der Waals surface area contributed by atoms with Crippen molar-refractivity contribution in [3.63, 3.8) is 0 Å². The van der Waals surface area contributed by atoms with Gasteiger partial charge in [-0.05, 0) is 32.4 Å². The van der Waals surface area contributed by atoms with Crippen molar-refractivity contribution < 1.29 is 8.42 Å². The van der Waals surface area contributed by atoms with Crippen molar-refractivity contribution in [3.8, 4) is 0 Å². The van der Waals surface area contributed by atoms with E-state index >= 15 is 0 Å². The van der Waals surface area contributed by atoms with Crippen LogP contribution in [0.25, 0.3) is 6.08 Å². The van der Waals surface area contributed by atoms with Crippen LogP contribution in [0.15, 0.2) is 35.7 Å². The maximum absolute atomic E-state index is 11.6. The summed E-state index contributed by atoms with van der Waals surface area (Å²) >= 11 is 0. The van der Waals surface area contributed by atoms with Crippen molar-refractivity contribution in [2.75, 3.05) is 0 Å². The number of nitrogens with one attached hydrogen (secondary N) is 1. The van der Waals surface area contributed by atoms with E-state index < -0.39 is 15.6 Å². The van der Waals surface area contributed by atoms with Crippen molar-refractivity contribution in [1.29, 1.82) is 0 Å². The first-order valence-corrected chi connectivity index (χ1v) is 6.60. The van der Waals surface area contributed by atoms with E-state index in [0.717, 1.165) is 5.56 Å². The molecule has 0 saturated heterocycles. The third-order valence-electron chi connectivity index (χ3n) is 1.69. The molecular weight excluding hydrogens is 222 g/mol. The largest absolute Gasteiger partial charge is 0.234 e. The van der Waals surface area contributed by atoms with Gasteiger partial charge in [0, 0.05) is 10.9 Å². The van der Waals surface area contributed by atoms with Crippen LogP contribution in [0.5, 0.6) is 0 Å². The second-order valence-corrected chi connectivity index (χ2v) is 6.18. The minimum atomic E-state index is -3.37. The summed E-state index contributed by atoms with van der Waals surface area (Å²) in [4.78, 5) is 0. The van der Waals surface area contributed by atoms with Crippen LogP contribution in [0, 0.1) is 0 Å². The van der Waals surface area contributed by atoms with Crippen LogP contribution in [0.1, 0.15) is 26.3 Å². The molecule has 1 aromatic rings. The Kier molecular flexibility index (Phi) is 3.88. The van der Waals surface area contributed by atoms with E-state index in [4.69, 9.17) is 0 Å². The molecule has 0 heterocycles. The Morgan fingerprint density at radius 3 is 2.19 bits per heavy atom. The van der Waals surface area contributed by atoms with E-state index in [-0.39, 0.29) is 0 Å². The van der Waals surface area contributed by atoms with Crippen LogP contribution in [0.4, 0.5) is 0 Å². The van der Waals surface area contributed by atoms with Gasteiger partial charge in [-0.2, -0.15) is 0 Å². The fraction of sp³-hybridized carbons (Fsp3) is 0.333. The highest BCUT2D eigenvalue weighted by Gasteiger charge is 2.16. The van der Waals surface area contributed by atoms with Crippen LogP contribution >= 0.6 is 0 Å². The zero-order valence-corrected chi connectivity index (χ0v) is 10.6. The van der Waals surface area contributed by atoms with Gasteiger partial charge < -0.3 is 0 Å². The smallest absolute Gasteiger partial charge is 0.208 e. The molecule has 0 bridgehead atoms. The van der Waals surface area contributed by atoms with Gasteiger partial charge in [0.15, 0.2) is 0 Å². The summed E-state index contributed by atoms with van der Waals surface area (Å²) in [6.07, 6.45) is 1.58. The first-order valence-electron chi connectivity index (χ1n) is 5.06. The Balaban J connectivity index is 2.78. The quantitative estimate of drug-likeness (QED) is 0.880. The van der Waals surface area contributed by atoms with Crippen molar-refractivity contribution in [1.82, 2.24) is 4.72 Å². The lowest BCUT2D eigenvalue weighted by Crippen LogP contribution is -2.39. The number of hydrogen-bond donors (Lipinski definition) is 1. The van der Waals surface area contributed by atoms with Crippen LogP contribution in [-0.2, 0) is 10.0 Å². The van der Waals surface area contributed by atoms with Crippen LogP contribution in [-0.4, -0.2) is 14.0 Å². The van der Waals surface area contributed by atoms with E-state index in [9.17, 15) is 8.42 Å². The molecule has 0 aliphatic heterocycles. The number of rotatable bonds is 3. The monoisotopic (exact) mass is 239 g/mol. The first kappa shape index (κ1) is 12.9. The second kappa shape index (κ2) is 4.80. The van der Waals surface area contributed by atoms with Gasteiger partial charge in [0.1, 0.15) is 0 Å². The van der Waals surface area contributed by atoms with Crippen molar-refractivity contribution in [2.45, 2.75) is 26.3 Å². The fourth-order valence-corrected chi connectivity index (χ4v) is 2.45. The SMILES string of the molecule is CC(C)(C)NS(=O)(=O)C=Cc1ccccc1. The number of benzene rings is 1. The van der Waals surface area contributed by atoms with Crippen LogP contribution < -0.4 is 4.72 Å². The summed E-state index contributed by atoms with van der Waals surface area (Å²) < 4.78 is 25.8. The molecular formula is C12H17NO2S. The number of hydrogen-bond acceptors (Lipinski definition) is 2. The summed E-state index contributed by atoms with van der Waals surface area (Å²) in [6, 6.07) is 9.32. The van der Waals surface area contributed by atoms with Gasteiger partial charge in [0.05, 0.1) is 0 Å². The highest BCUT2D eigenvalue weighted by molar-refractivity contribution is 7.92. The Labute approximate surface area is 97.2 Å². The molecule has 3 nitrogen and oxygen atoms in total. The standard InChI is InChI=1S/C12H17NO2S/c1-12(2,3)13-16(14,15)10-9-11-7-5-4-6-8-11/h4-10,13H,1-3H3. The minimum absolute atomic E-state index is 0.458. The van der Waals surface area contributed by atoms with E-state index in [0.29, 0.717) is 0 Å². The third kappa shape index (κ3) is 5.09. The average molecular weight is 239 g/mol. The molecule has 0 aliphatic carbocycles. The Hall–Kier alpha value is -1.13. The van der Waals surface area contributed by atoms with E-state index in [1.807, 2.05) is 30.3 Å². The molecule has 0 unspecified atom stereocenters. The zero-order valence-electron chi connectivity index (χ0n) is 9.77. The average Bonchev–Trinajstić information content (AvgIpc) is 2.13. The van der Waals surface area contributed by atoms with Gasteiger partial charge in [0.2, 0.25) is 10.0 Å². The highest BCUT2D eigenvalue weighted by atomic mass is 32.2. The summed E-state index contributed by atoms with van der Waals surface area (Å²) in [5.41, 5.74) is 0.404. The zero-order chi connectivity index (χ0) is 12.2. The predicted octanol–water partition coefficient (Wildman–Crippen LogP) is 2.38. The molecule has 0 atom stereocenters. The molecule has 0 spiro atoms. The molecule has 0 aromatic heterocycles. The van der Waals surface area contributed by atoms with Crippen LogP contribution in [0.3, 0.4) is 0 Å². The molecule has 0 fully saturated rings. The highest BCUT2D eigenvalue weighted by Crippen LogP contribution is 2.06. The lowest BCUT2D eigenvalue weighted by Gasteiger charge is -2.18. The van der Waals surface area contributed by atoms with Gasteiger partial charge in [-0.1, -0.05) is 30.3 Å². The third-order valence-corrected chi connectivity index (χ3v) is 3.08. The summed E-state index contributed by atoms with van der Waals surface area (Å²) in [7, 11) is -3.37. The maximum Gasteiger partial charge on any atom is 0.234 e. The molecule has 4 heteroatoms. The molecule has 1 aromatic carbocycles. The van der Waals surface area contributed by atoms with Crippen molar-refractivity contribution >= 4 is 16.1 Å². The second-order valence-electron chi connectivity index (χ2n) is 4.61. The lowest BCUT2D eigenvalue weighted by molar-refractivity contribution is 0.497. The molecule has 88 valence electrons. The van der Waals surface area contributed by atoms with E-state index in [1.165, 1.54) is 5.41 Å². The van der Waals surface area contributed by atoms with Gasteiger partial charge in [0.25, 0.3) is 0 Å². The van der Waals surface area contributed by atoms with E-state index in [1.54, 1.807) is 26.8 Å². The van der Waals surface area contributed by atoms with Gasteiger partial charge in [-0.3, -0.25) is 0 Å². The predicted molar refractivity (Wildman–Crippen MR) is 67.3 cm³/mol. The minimum Gasteiger partial charge on any atom is -0.208 e. The fourth-order valence-electron chi connectivity index (χ4n) is 1.19. The first-order chi connectivity index (χ1) is 7.29. The molecule has 1 rings (SSSR count). The molecule has 1 N–H and O–H groups in total. The van der Waals surface area contributed by atoms with Gasteiger partial charge >= 0.3 is 0 Å². The summed E-state index contributed by atoms with van der Waals surface area (Å²) in [6.45, 7) is 5.42. The normalized spacial score (nSPS) is 13.2. The summed E-state index contributed by atoms with van der Waals surface area (Å²) in [5.74, 6) is 0. The van der Waals surface area contributed by atoms with Gasteiger partial charge in [-0.15, -0.1) is 0 Å². The number of sulfonamides is 1. The Morgan fingerprint density at radius 1 is 1.12 bits per heavy atom. The lowest BCUT2D eigenvalue weighted by atomic mass is 10.1. The van der Waals surface area contributed by atoms with Crippen molar-refractivity contribution in [3.05, 3.63) is 41.3 Å². The summed E-state index contributed by atoms with van der Waals surface area (Å²) in [5, 5.41) is 1.19. The van der Waals surface area contributed by atoms with E-state index in [2.05, 4.69) is 4.72 Å². The Bertz CT molecular complexity index is 456. The molecule has 16 heavy (non-hydrogen) atoms. The van der Waals surface area contributed by atoms with Crippen molar-refractivity contribution in [2.24, 2.45) is 0 Å². The van der Waals surface area contributed by atoms with Crippen LogP contribution in [0.2, 0.25) is 0 Å². The van der Waals surface area contributed by atoms with Gasteiger partial charge in [-0.25, -0.2) is 13.1 Å². The molecule has 0 saturated carbocycles. The Morgan fingerprint density at radius 2 is 1.69 bits per heavy atom. The molecule has 0 aliphatic rings. The topological polar surface area (TPSA) is 46.2 Å². The molecule has 0 radical (unpaired) electrons. The maximum atomic E-state index is 11.6.